The fourth-order valence-corrected chi connectivity index (χ4v) is 3.17. The van der Waals surface area contributed by atoms with Crippen LogP contribution in [0.2, 0.25) is 0 Å². The van der Waals surface area contributed by atoms with Crippen molar-refractivity contribution in [1.82, 2.24) is 4.90 Å². The lowest BCUT2D eigenvalue weighted by Gasteiger charge is -2.23. The molecule has 2 amide bonds. The van der Waals surface area contributed by atoms with E-state index in [9.17, 15) is 19.7 Å². The number of hydrogen-bond acceptors (Lipinski definition) is 6. The SMILES string of the molecule is COc1ccc(NC(=O)C2CCCN2C(=O)OCc2ccccc2)c([N+](=O)[O-])c1. The summed E-state index contributed by atoms with van der Waals surface area (Å²) in [6.07, 6.45) is 0.509. The van der Waals surface area contributed by atoms with Crippen LogP contribution in [0.4, 0.5) is 16.2 Å². The number of anilines is 1. The predicted octanol–water partition coefficient (Wildman–Crippen LogP) is 3.34. The topological polar surface area (TPSA) is 111 Å². The number of likely N-dealkylation sites (tertiary alicyclic amines) is 1. The predicted molar refractivity (Wildman–Crippen MR) is 105 cm³/mol. The standard InChI is InChI=1S/C20H21N3O6/c1-28-15-9-10-16(18(12-15)23(26)27)21-19(24)17-8-5-11-22(17)20(25)29-13-14-6-3-2-4-7-14/h2-4,6-7,9-10,12,17H,5,8,11,13H2,1H3,(H,21,24). The molecule has 1 heterocycles. The summed E-state index contributed by atoms with van der Waals surface area (Å²) in [5.41, 5.74) is 0.606. The lowest BCUT2D eigenvalue weighted by Crippen LogP contribution is -2.43. The molecule has 0 aliphatic carbocycles. The molecule has 1 aliphatic heterocycles. The second-order valence-electron chi connectivity index (χ2n) is 6.52. The molecule has 3 rings (SSSR count). The highest BCUT2D eigenvalue weighted by atomic mass is 16.6. The molecule has 2 aromatic rings. The number of nitro benzene ring substituents is 1. The van der Waals surface area contributed by atoms with Crippen molar-refractivity contribution in [1.29, 1.82) is 0 Å². The molecule has 2 aromatic carbocycles. The van der Waals surface area contributed by atoms with Gasteiger partial charge in [0.15, 0.2) is 0 Å². The Hall–Kier alpha value is -3.62. The molecule has 1 saturated heterocycles. The smallest absolute Gasteiger partial charge is 0.410 e. The summed E-state index contributed by atoms with van der Waals surface area (Å²) in [4.78, 5) is 37.2. The van der Waals surface area contributed by atoms with Crippen molar-refractivity contribution in [3.63, 3.8) is 0 Å². The number of carbonyl (C=O) groups excluding carboxylic acids is 2. The first-order chi connectivity index (χ1) is 14.0. The first-order valence-corrected chi connectivity index (χ1v) is 9.10. The maximum absolute atomic E-state index is 12.7. The van der Waals surface area contributed by atoms with E-state index in [1.807, 2.05) is 30.3 Å². The second kappa shape index (κ2) is 9.05. The molecule has 0 saturated carbocycles. The van der Waals surface area contributed by atoms with Crippen LogP contribution in [0.1, 0.15) is 18.4 Å². The first-order valence-electron chi connectivity index (χ1n) is 9.10. The van der Waals surface area contributed by atoms with Gasteiger partial charge in [-0.3, -0.25) is 19.8 Å². The van der Waals surface area contributed by atoms with Crippen LogP contribution >= 0.6 is 0 Å². The molecule has 1 fully saturated rings. The molecule has 9 nitrogen and oxygen atoms in total. The number of rotatable bonds is 6. The van der Waals surface area contributed by atoms with Crippen molar-refractivity contribution >= 4 is 23.4 Å². The number of amides is 2. The van der Waals surface area contributed by atoms with Crippen molar-refractivity contribution in [3.05, 3.63) is 64.2 Å². The van der Waals surface area contributed by atoms with Gasteiger partial charge in [-0.2, -0.15) is 0 Å². The highest BCUT2D eigenvalue weighted by Crippen LogP contribution is 2.30. The van der Waals surface area contributed by atoms with Crippen molar-refractivity contribution in [2.24, 2.45) is 0 Å². The van der Waals surface area contributed by atoms with Crippen molar-refractivity contribution in [2.45, 2.75) is 25.5 Å². The molecule has 1 aliphatic rings. The van der Waals surface area contributed by atoms with Gasteiger partial charge in [-0.05, 0) is 30.5 Å². The van der Waals surface area contributed by atoms with E-state index in [4.69, 9.17) is 9.47 Å². The van der Waals surface area contributed by atoms with Crippen molar-refractivity contribution in [3.8, 4) is 5.75 Å². The Morgan fingerprint density at radius 1 is 1.24 bits per heavy atom. The van der Waals surface area contributed by atoms with Crippen LogP contribution in [0, 0.1) is 10.1 Å². The summed E-state index contributed by atoms with van der Waals surface area (Å²) in [6.45, 7) is 0.491. The van der Waals surface area contributed by atoms with E-state index in [0.29, 0.717) is 25.1 Å². The van der Waals surface area contributed by atoms with Crippen LogP contribution in [0.3, 0.4) is 0 Å². The Morgan fingerprint density at radius 3 is 2.69 bits per heavy atom. The van der Waals surface area contributed by atoms with Gasteiger partial charge in [0.25, 0.3) is 5.69 Å². The molecule has 0 aromatic heterocycles. The minimum Gasteiger partial charge on any atom is -0.496 e. The van der Waals surface area contributed by atoms with E-state index < -0.39 is 23.0 Å². The second-order valence-corrected chi connectivity index (χ2v) is 6.52. The van der Waals surface area contributed by atoms with Gasteiger partial charge in [0.05, 0.1) is 18.1 Å². The van der Waals surface area contributed by atoms with Gasteiger partial charge in [0, 0.05) is 6.54 Å². The average Bonchev–Trinajstić information content (AvgIpc) is 3.23. The number of nitrogens with zero attached hydrogens (tertiary/aromatic N) is 2. The Balaban J connectivity index is 1.67. The summed E-state index contributed by atoms with van der Waals surface area (Å²) in [5, 5.41) is 13.9. The normalized spacial score (nSPS) is 15.6. The van der Waals surface area contributed by atoms with Crippen molar-refractivity contribution < 1.29 is 24.0 Å². The molecule has 1 unspecified atom stereocenters. The Kier molecular flexibility index (Phi) is 6.28. The summed E-state index contributed by atoms with van der Waals surface area (Å²) in [7, 11) is 1.40. The lowest BCUT2D eigenvalue weighted by molar-refractivity contribution is -0.384. The zero-order valence-corrected chi connectivity index (χ0v) is 15.9. The van der Waals surface area contributed by atoms with E-state index >= 15 is 0 Å². The van der Waals surface area contributed by atoms with Crippen LogP contribution in [0.15, 0.2) is 48.5 Å². The average molecular weight is 399 g/mol. The fourth-order valence-electron chi connectivity index (χ4n) is 3.17. The monoisotopic (exact) mass is 399 g/mol. The molecular formula is C20H21N3O6. The molecule has 0 spiro atoms. The maximum atomic E-state index is 12.7. The van der Waals surface area contributed by atoms with E-state index in [2.05, 4.69) is 5.32 Å². The zero-order valence-electron chi connectivity index (χ0n) is 15.9. The summed E-state index contributed by atoms with van der Waals surface area (Å²) in [5.74, 6) is -0.186. The van der Waals surface area contributed by atoms with Gasteiger partial charge in [-0.15, -0.1) is 0 Å². The third-order valence-electron chi connectivity index (χ3n) is 4.65. The number of benzene rings is 2. The zero-order chi connectivity index (χ0) is 20.8. The molecule has 29 heavy (non-hydrogen) atoms. The van der Waals surface area contributed by atoms with Crippen LogP contribution in [-0.2, 0) is 16.1 Å². The van der Waals surface area contributed by atoms with Crippen molar-refractivity contribution in [2.75, 3.05) is 19.0 Å². The summed E-state index contributed by atoms with van der Waals surface area (Å²) >= 11 is 0. The minimum atomic E-state index is -0.750. The molecule has 0 bridgehead atoms. The minimum absolute atomic E-state index is 0.0466. The van der Waals surface area contributed by atoms with Gasteiger partial charge >= 0.3 is 6.09 Å². The third-order valence-corrected chi connectivity index (χ3v) is 4.65. The van der Waals surface area contributed by atoms with Crippen LogP contribution in [0.25, 0.3) is 0 Å². The van der Waals surface area contributed by atoms with Gasteiger partial charge in [0.2, 0.25) is 5.91 Å². The highest BCUT2D eigenvalue weighted by Gasteiger charge is 2.36. The largest absolute Gasteiger partial charge is 0.496 e. The van der Waals surface area contributed by atoms with Crippen LogP contribution < -0.4 is 10.1 Å². The van der Waals surface area contributed by atoms with Gasteiger partial charge in [-0.25, -0.2) is 4.79 Å². The van der Waals surface area contributed by atoms with E-state index in [1.54, 1.807) is 0 Å². The molecule has 152 valence electrons. The Morgan fingerprint density at radius 2 is 2.00 bits per heavy atom. The summed E-state index contributed by atoms with van der Waals surface area (Å²) in [6, 6.07) is 12.6. The van der Waals surface area contributed by atoms with Gasteiger partial charge in [-0.1, -0.05) is 30.3 Å². The first kappa shape index (κ1) is 20.1. The number of nitrogens with one attached hydrogen (secondary N) is 1. The molecule has 1 atom stereocenters. The number of hydrogen-bond donors (Lipinski definition) is 1. The van der Waals surface area contributed by atoms with E-state index in [1.165, 1.54) is 30.2 Å². The van der Waals surface area contributed by atoms with Gasteiger partial charge in [0.1, 0.15) is 24.1 Å². The molecule has 0 radical (unpaired) electrons. The molecular weight excluding hydrogens is 378 g/mol. The number of carbonyl (C=O) groups is 2. The van der Waals surface area contributed by atoms with E-state index in [-0.39, 0.29) is 18.0 Å². The van der Waals surface area contributed by atoms with E-state index in [0.717, 1.165) is 5.56 Å². The molecule has 9 heteroatoms. The maximum Gasteiger partial charge on any atom is 0.410 e. The highest BCUT2D eigenvalue weighted by molar-refractivity contribution is 5.98. The third kappa shape index (κ3) is 4.81. The Labute approximate surface area is 167 Å². The number of methoxy groups -OCH3 is 1. The number of nitro groups is 1. The van der Waals surface area contributed by atoms with Gasteiger partial charge < -0.3 is 14.8 Å². The quantitative estimate of drug-likeness (QED) is 0.589. The van der Waals surface area contributed by atoms with Crippen LogP contribution in [0.5, 0.6) is 5.75 Å². The van der Waals surface area contributed by atoms with Crippen LogP contribution in [-0.4, -0.2) is 41.5 Å². The fraction of sp³-hybridized carbons (Fsp3) is 0.300. The Bertz CT molecular complexity index is 902. The summed E-state index contributed by atoms with van der Waals surface area (Å²) < 4.78 is 10.3. The lowest BCUT2D eigenvalue weighted by atomic mass is 10.2. The number of ether oxygens (including phenoxy) is 2. The molecule has 1 N–H and O–H groups in total.